The highest BCUT2D eigenvalue weighted by molar-refractivity contribution is 7.99. The summed E-state index contributed by atoms with van der Waals surface area (Å²) in [5.74, 6) is 1.03. The molecule has 0 aliphatic rings. The zero-order chi connectivity index (χ0) is 13.5. The summed E-state index contributed by atoms with van der Waals surface area (Å²) in [5, 5.41) is 15.3. The fourth-order valence-corrected chi connectivity index (χ4v) is 2.69. The predicted molar refractivity (Wildman–Crippen MR) is 76.1 cm³/mol. The van der Waals surface area contributed by atoms with Crippen LogP contribution in [0.25, 0.3) is 0 Å². The smallest absolute Gasteiger partial charge is 0.209 e. The first-order valence-electron chi connectivity index (χ1n) is 6.17. The monoisotopic (exact) mass is 298 g/mol. The number of thioether (sulfide) groups is 1. The second-order valence-electron chi connectivity index (χ2n) is 4.20. The van der Waals surface area contributed by atoms with Crippen LogP contribution < -0.4 is 5.32 Å². The van der Waals surface area contributed by atoms with Crippen LogP contribution in [-0.4, -0.2) is 32.5 Å². The molecule has 102 valence electrons. The van der Waals surface area contributed by atoms with Gasteiger partial charge in [-0.3, -0.25) is 0 Å². The van der Waals surface area contributed by atoms with Gasteiger partial charge in [0.15, 0.2) is 0 Å². The summed E-state index contributed by atoms with van der Waals surface area (Å²) in [6.45, 7) is 2.06. The van der Waals surface area contributed by atoms with E-state index in [9.17, 15) is 0 Å². The largest absolute Gasteiger partial charge is 0.342 e. The molecule has 7 heteroatoms. The van der Waals surface area contributed by atoms with Crippen molar-refractivity contribution in [1.29, 1.82) is 0 Å². The molecule has 0 amide bonds. The molecule has 0 spiro atoms. The summed E-state index contributed by atoms with van der Waals surface area (Å²) in [6, 6.07) is 8.00. The van der Waals surface area contributed by atoms with Crippen LogP contribution in [0.15, 0.2) is 29.4 Å². The molecule has 1 heterocycles. The first kappa shape index (κ1) is 14.3. The van der Waals surface area contributed by atoms with Crippen molar-refractivity contribution in [2.24, 2.45) is 7.05 Å². The zero-order valence-corrected chi connectivity index (χ0v) is 12.4. The quantitative estimate of drug-likeness (QED) is 0.614. The molecule has 0 unspecified atom stereocenters. The number of hydrogen-bond donors (Lipinski definition) is 1. The van der Waals surface area contributed by atoms with Gasteiger partial charge in [0, 0.05) is 29.8 Å². The Balaban J connectivity index is 1.59. The summed E-state index contributed by atoms with van der Waals surface area (Å²) >= 11 is 7.63. The lowest BCUT2D eigenvalue weighted by Crippen LogP contribution is -2.82. The first-order chi connectivity index (χ1) is 9.25. The average molecular weight is 299 g/mol. The van der Waals surface area contributed by atoms with Crippen LogP contribution >= 0.6 is 23.4 Å². The van der Waals surface area contributed by atoms with E-state index in [2.05, 4.69) is 26.9 Å². The summed E-state index contributed by atoms with van der Waals surface area (Å²) in [5.41, 5.74) is 1.26. The number of nitrogens with two attached hydrogens (primary N) is 1. The normalized spacial score (nSPS) is 10.8. The van der Waals surface area contributed by atoms with Crippen molar-refractivity contribution in [3.05, 3.63) is 34.9 Å². The number of tetrazole rings is 1. The number of aryl methyl sites for hydroxylation is 1. The number of rotatable bonds is 7. The Morgan fingerprint density at radius 1 is 1.42 bits per heavy atom. The molecule has 1 aromatic carbocycles. The van der Waals surface area contributed by atoms with Gasteiger partial charge in [-0.15, -0.1) is 5.10 Å². The number of nitrogens with zero attached hydrogens (tertiary/aromatic N) is 4. The van der Waals surface area contributed by atoms with Gasteiger partial charge in [-0.2, -0.15) is 0 Å². The summed E-state index contributed by atoms with van der Waals surface area (Å²) in [7, 11) is 1.85. The minimum Gasteiger partial charge on any atom is -0.342 e. The highest BCUT2D eigenvalue weighted by Gasteiger charge is 2.02. The molecule has 0 saturated heterocycles. The minimum absolute atomic E-state index is 0.802. The van der Waals surface area contributed by atoms with Crippen LogP contribution in [0.5, 0.6) is 0 Å². The van der Waals surface area contributed by atoms with Crippen molar-refractivity contribution in [1.82, 2.24) is 20.2 Å². The van der Waals surface area contributed by atoms with Crippen molar-refractivity contribution in [3.8, 4) is 0 Å². The van der Waals surface area contributed by atoms with Crippen molar-refractivity contribution in [2.45, 2.75) is 18.1 Å². The van der Waals surface area contributed by atoms with E-state index in [4.69, 9.17) is 11.6 Å². The molecule has 0 fully saturated rings. The van der Waals surface area contributed by atoms with Crippen LogP contribution in [-0.2, 0) is 13.6 Å². The Bertz CT molecular complexity index is 516. The first-order valence-corrected chi connectivity index (χ1v) is 7.53. The Kier molecular flexibility index (Phi) is 5.62. The molecule has 0 aliphatic carbocycles. The minimum atomic E-state index is 0.802. The Hall–Kier alpha value is -1.11. The van der Waals surface area contributed by atoms with Gasteiger partial charge in [-0.05, 0) is 22.6 Å². The lowest BCUT2D eigenvalue weighted by Gasteiger charge is -2.02. The van der Waals surface area contributed by atoms with Crippen LogP contribution in [0.1, 0.15) is 12.0 Å². The molecule has 5 nitrogen and oxygen atoms in total. The van der Waals surface area contributed by atoms with Gasteiger partial charge in [-0.1, -0.05) is 35.5 Å². The second-order valence-corrected chi connectivity index (χ2v) is 5.70. The van der Waals surface area contributed by atoms with E-state index in [0.29, 0.717) is 0 Å². The topological polar surface area (TPSA) is 60.2 Å². The number of benzene rings is 1. The van der Waals surface area contributed by atoms with Gasteiger partial charge in [-0.25, -0.2) is 4.68 Å². The maximum absolute atomic E-state index is 5.94. The fraction of sp³-hybridized carbons (Fsp3) is 0.417. The Morgan fingerprint density at radius 2 is 2.32 bits per heavy atom. The maximum Gasteiger partial charge on any atom is 0.209 e. The molecule has 19 heavy (non-hydrogen) atoms. The highest BCUT2D eigenvalue weighted by atomic mass is 35.5. The third kappa shape index (κ3) is 4.81. The van der Waals surface area contributed by atoms with E-state index >= 15 is 0 Å². The summed E-state index contributed by atoms with van der Waals surface area (Å²) in [6.07, 6.45) is 1.12. The number of hydrogen-bond acceptors (Lipinski definition) is 4. The Labute approximate surface area is 121 Å². The van der Waals surface area contributed by atoms with Crippen LogP contribution in [0.3, 0.4) is 0 Å². The van der Waals surface area contributed by atoms with Gasteiger partial charge in [0.05, 0.1) is 6.54 Å². The van der Waals surface area contributed by atoms with E-state index in [-0.39, 0.29) is 0 Å². The molecular formula is C12H17ClN5S+. The summed E-state index contributed by atoms with van der Waals surface area (Å²) < 4.78 is 1.69. The molecule has 0 atom stereocenters. The molecule has 2 aromatic rings. The predicted octanol–water partition coefficient (Wildman–Crippen LogP) is 1.11. The van der Waals surface area contributed by atoms with Gasteiger partial charge >= 0.3 is 0 Å². The van der Waals surface area contributed by atoms with Crippen LogP contribution in [0.2, 0.25) is 5.02 Å². The van der Waals surface area contributed by atoms with Gasteiger partial charge in [0.1, 0.15) is 6.54 Å². The average Bonchev–Trinajstić information content (AvgIpc) is 2.79. The molecule has 2 rings (SSSR count). The van der Waals surface area contributed by atoms with E-state index < -0.39 is 0 Å². The molecule has 0 bridgehead atoms. The molecule has 2 N–H and O–H groups in total. The highest BCUT2D eigenvalue weighted by Crippen LogP contribution is 2.12. The third-order valence-electron chi connectivity index (χ3n) is 2.63. The Morgan fingerprint density at radius 3 is 3.05 bits per heavy atom. The number of quaternary nitrogens is 1. The van der Waals surface area contributed by atoms with Gasteiger partial charge in [0.25, 0.3) is 0 Å². The van der Waals surface area contributed by atoms with E-state index in [0.717, 1.165) is 35.4 Å². The lowest BCUT2D eigenvalue weighted by atomic mass is 10.2. The maximum atomic E-state index is 5.94. The van der Waals surface area contributed by atoms with E-state index in [1.165, 1.54) is 5.56 Å². The van der Waals surface area contributed by atoms with Crippen molar-refractivity contribution in [2.75, 3.05) is 12.3 Å². The van der Waals surface area contributed by atoms with E-state index in [1.807, 2.05) is 25.2 Å². The third-order valence-corrected chi connectivity index (χ3v) is 3.97. The van der Waals surface area contributed by atoms with Crippen LogP contribution in [0.4, 0.5) is 0 Å². The number of halogens is 1. The molecule has 1 aromatic heterocycles. The van der Waals surface area contributed by atoms with Crippen molar-refractivity contribution < 1.29 is 5.32 Å². The standard InChI is InChI=1S/C12H16ClN5S/c1-18-12(15-16-17-18)19-7-3-6-14-9-10-4-2-5-11(13)8-10/h2,4-5,8,14H,3,6-7,9H2,1H3/p+1. The molecular weight excluding hydrogens is 282 g/mol. The van der Waals surface area contributed by atoms with Crippen LogP contribution in [0, 0.1) is 0 Å². The second kappa shape index (κ2) is 7.47. The summed E-state index contributed by atoms with van der Waals surface area (Å²) in [4.78, 5) is 0. The van der Waals surface area contributed by atoms with E-state index in [1.54, 1.807) is 16.4 Å². The molecule has 0 radical (unpaired) electrons. The lowest BCUT2D eigenvalue weighted by molar-refractivity contribution is -0.670. The SMILES string of the molecule is Cn1nnnc1SCCC[NH2+]Cc1cccc(Cl)c1. The van der Waals surface area contributed by atoms with Gasteiger partial charge < -0.3 is 5.32 Å². The van der Waals surface area contributed by atoms with Gasteiger partial charge in [0.2, 0.25) is 5.16 Å². The number of aromatic nitrogens is 4. The fourth-order valence-electron chi connectivity index (χ4n) is 1.67. The molecule has 0 saturated carbocycles. The van der Waals surface area contributed by atoms with Crippen molar-refractivity contribution in [3.63, 3.8) is 0 Å². The zero-order valence-electron chi connectivity index (χ0n) is 10.8. The van der Waals surface area contributed by atoms with Crippen molar-refractivity contribution >= 4 is 23.4 Å². The molecule has 0 aliphatic heterocycles.